The number of sulfonamides is 1. The van der Waals surface area contributed by atoms with Crippen LogP contribution in [0.1, 0.15) is 38.2 Å². The predicted octanol–water partition coefficient (Wildman–Crippen LogP) is 2.30. The topological polar surface area (TPSA) is 58.5 Å². The zero-order valence-corrected chi connectivity index (χ0v) is 11.8. The lowest BCUT2D eigenvalue weighted by atomic mass is 10.1. The first-order chi connectivity index (χ1) is 9.06. The highest BCUT2D eigenvalue weighted by atomic mass is 32.2. The Kier molecular flexibility index (Phi) is 3.09. The summed E-state index contributed by atoms with van der Waals surface area (Å²) < 4.78 is 26.4. The molecule has 1 aromatic carbocycles. The summed E-state index contributed by atoms with van der Waals surface area (Å²) in [6, 6.07) is 7.15. The molecule has 1 aromatic rings. The fraction of sp³-hybridized carbons (Fsp3) is 0.500. The van der Waals surface area contributed by atoms with Crippen LogP contribution in [0.4, 0.5) is 0 Å². The van der Waals surface area contributed by atoms with Crippen molar-refractivity contribution < 1.29 is 8.42 Å². The largest absolute Gasteiger partial charge is 0.264 e. The molecule has 1 fully saturated rings. The summed E-state index contributed by atoms with van der Waals surface area (Å²) in [4.78, 5) is 4.88. The van der Waals surface area contributed by atoms with Gasteiger partial charge in [-0.05, 0) is 37.8 Å². The van der Waals surface area contributed by atoms with E-state index in [4.69, 9.17) is 0 Å². The summed E-state index contributed by atoms with van der Waals surface area (Å²) in [5.41, 5.74) is 0.695. The number of fused-ring (bicyclic) bond motifs is 1. The Morgan fingerprint density at radius 3 is 2.84 bits per heavy atom. The highest BCUT2D eigenvalue weighted by molar-refractivity contribution is 7.90. The number of benzene rings is 1. The second kappa shape index (κ2) is 4.63. The summed E-state index contributed by atoms with van der Waals surface area (Å²) in [6.07, 6.45) is 4.92. The molecule has 1 unspecified atom stereocenters. The van der Waals surface area contributed by atoms with E-state index in [1.165, 1.54) is 19.3 Å². The Morgan fingerprint density at radius 1 is 1.37 bits per heavy atom. The molecular weight excluding hydrogens is 260 g/mol. The minimum atomic E-state index is -3.40. The van der Waals surface area contributed by atoms with Crippen LogP contribution in [0.2, 0.25) is 0 Å². The Balaban J connectivity index is 1.81. The molecule has 0 saturated heterocycles. The van der Waals surface area contributed by atoms with Crippen LogP contribution >= 0.6 is 0 Å². The predicted molar refractivity (Wildman–Crippen MR) is 74.7 cm³/mol. The van der Waals surface area contributed by atoms with Gasteiger partial charge in [-0.15, -0.1) is 0 Å². The van der Waals surface area contributed by atoms with Crippen molar-refractivity contribution in [3.63, 3.8) is 0 Å². The van der Waals surface area contributed by atoms with E-state index in [2.05, 4.69) is 9.71 Å². The molecule has 0 amide bonds. The lowest BCUT2D eigenvalue weighted by Gasteiger charge is -2.07. The van der Waals surface area contributed by atoms with Gasteiger partial charge in [0.25, 0.3) is 10.0 Å². The average Bonchev–Trinajstić information content (AvgIpc) is 3.16. The number of nitrogens with zero attached hydrogens (tertiary/aromatic N) is 1. The third-order valence-corrected chi connectivity index (χ3v) is 5.10. The minimum absolute atomic E-state index is 0.157. The van der Waals surface area contributed by atoms with Crippen molar-refractivity contribution in [3.05, 3.63) is 29.8 Å². The number of aliphatic imine (C=N–C) groups is 1. The van der Waals surface area contributed by atoms with E-state index in [1.807, 2.05) is 13.0 Å². The number of hydrogen-bond acceptors (Lipinski definition) is 3. The van der Waals surface area contributed by atoms with Crippen molar-refractivity contribution in [1.29, 1.82) is 0 Å². The zero-order valence-electron chi connectivity index (χ0n) is 11.0. The molecule has 19 heavy (non-hydrogen) atoms. The molecule has 102 valence electrons. The van der Waals surface area contributed by atoms with E-state index in [0.717, 1.165) is 12.3 Å². The van der Waals surface area contributed by atoms with Gasteiger partial charge in [0.15, 0.2) is 0 Å². The highest BCUT2D eigenvalue weighted by Gasteiger charge is 2.30. The van der Waals surface area contributed by atoms with Gasteiger partial charge in [0, 0.05) is 11.6 Å². The van der Waals surface area contributed by atoms with Gasteiger partial charge in [-0.25, -0.2) is 8.42 Å². The first kappa shape index (κ1) is 12.7. The normalized spacial score (nSPS) is 23.9. The van der Waals surface area contributed by atoms with Crippen molar-refractivity contribution in [2.24, 2.45) is 10.9 Å². The summed E-state index contributed by atoms with van der Waals surface area (Å²) in [7, 11) is -3.40. The fourth-order valence-corrected chi connectivity index (χ4v) is 3.64. The van der Waals surface area contributed by atoms with Crippen molar-refractivity contribution in [2.45, 2.75) is 43.5 Å². The summed E-state index contributed by atoms with van der Waals surface area (Å²) in [6.45, 7) is 2.05. The van der Waals surface area contributed by atoms with E-state index in [-0.39, 0.29) is 6.04 Å². The standard InChI is InChI=1S/C14H18N2O2S/c1-10(6-7-11-8-9-11)15-14-12-4-2-3-5-13(12)19(17,18)16-14/h2-5,10-11H,6-9H2,1H3,(H,15,16). The molecule has 0 radical (unpaired) electrons. The fourth-order valence-electron chi connectivity index (χ4n) is 2.40. The minimum Gasteiger partial charge on any atom is -0.264 e. The molecule has 4 nitrogen and oxygen atoms in total. The molecule has 0 spiro atoms. The molecule has 1 aliphatic carbocycles. The second-order valence-electron chi connectivity index (χ2n) is 5.45. The van der Waals surface area contributed by atoms with Crippen LogP contribution in [0.3, 0.4) is 0 Å². The monoisotopic (exact) mass is 278 g/mol. The third-order valence-electron chi connectivity index (χ3n) is 3.70. The number of rotatable bonds is 4. The maximum absolute atomic E-state index is 11.9. The quantitative estimate of drug-likeness (QED) is 0.918. The smallest absolute Gasteiger partial charge is 0.263 e. The third kappa shape index (κ3) is 2.66. The van der Waals surface area contributed by atoms with Crippen molar-refractivity contribution >= 4 is 15.9 Å². The van der Waals surface area contributed by atoms with Crippen molar-refractivity contribution in [1.82, 2.24) is 4.72 Å². The maximum atomic E-state index is 11.9. The molecule has 2 aliphatic rings. The molecule has 1 N–H and O–H groups in total. The molecule has 1 heterocycles. The van der Waals surface area contributed by atoms with Gasteiger partial charge in [-0.2, -0.15) is 0 Å². The van der Waals surface area contributed by atoms with Gasteiger partial charge in [0.1, 0.15) is 5.84 Å². The van der Waals surface area contributed by atoms with Crippen LogP contribution in [0, 0.1) is 5.92 Å². The number of nitrogens with one attached hydrogen (secondary N) is 1. The van der Waals surface area contributed by atoms with E-state index in [9.17, 15) is 8.42 Å². The van der Waals surface area contributed by atoms with Gasteiger partial charge in [-0.1, -0.05) is 25.0 Å². The first-order valence-corrected chi connectivity index (χ1v) is 8.24. The van der Waals surface area contributed by atoms with E-state index in [1.54, 1.807) is 18.2 Å². The molecular formula is C14H18N2O2S. The van der Waals surface area contributed by atoms with Gasteiger partial charge < -0.3 is 0 Å². The molecule has 1 aliphatic heterocycles. The lowest BCUT2D eigenvalue weighted by molar-refractivity contribution is 0.585. The van der Waals surface area contributed by atoms with Crippen LogP contribution in [0.5, 0.6) is 0 Å². The SMILES string of the molecule is CC(CCC1CC1)N=C1NS(=O)(=O)c2ccccc21. The van der Waals surface area contributed by atoms with Crippen LogP contribution in [0.25, 0.3) is 0 Å². The Labute approximate surface area is 114 Å². The number of hydrogen-bond donors (Lipinski definition) is 1. The molecule has 1 saturated carbocycles. The molecule has 5 heteroatoms. The zero-order chi connectivity index (χ0) is 13.5. The lowest BCUT2D eigenvalue weighted by Crippen LogP contribution is -2.23. The first-order valence-electron chi connectivity index (χ1n) is 6.76. The molecule has 3 rings (SSSR count). The van der Waals surface area contributed by atoms with Crippen LogP contribution in [-0.4, -0.2) is 20.3 Å². The molecule has 0 aromatic heterocycles. The average molecular weight is 278 g/mol. The highest BCUT2D eigenvalue weighted by Crippen LogP contribution is 2.34. The molecule has 1 atom stereocenters. The Hall–Kier alpha value is -1.36. The van der Waals surface area contributed by atoms with E-state index >= 15 is 0 Å². The summed E-state index contributed by atoms with van der Waals surface area (Å²) in [5.74, 6) is 1.38. The molecule has 0 bridgehead atoms. The van der Waals surface area contributed by atoms with Gasteiger partial charge in [0.05, 0.1) is 4.90 Å². The van der Waals surface area contributed by atoms with Gasteiger partial charge in [-0.3, -0.25) is 9.71 Å². The van der Waals surface area contributed by atoms with Crippen molar-refractivity contribution in [2.75, 3.05) is 0 Å². The second-order valence-corrected chi connectivity index (χ2v) is 7.10. The Morgan fingerprint density at radius 2 is 2.11 bits per heavy atom. The van der Waals surface area contributed by atoms with Gasteiger partial charge in [0.2, 0.25) is 0 Å². The van der Waals surface area contributed by atoms with Crippen LogP contribution in [0.15, 0.2) is 34.2 Å². The number of amidine groups is 1. The summed E-state index contributed by atoms with van der Waals surface area (Å²) in [5, 5.41) is 0. The van der Waals surface area contributed by atoms with Crippen LogP contribution < -0.4 is 4.72 Å². The van der Waals surface area contributed by atoms with E-state index < -0.39 is 10.0 Å². The van der Waals surface area contributed by atoms with E-state index in [0.29, 0.717) is 16.3 Å². The maximum Gasteiger partial charge on any atom is 0.263 e. The van der Waals surface area contributed by atoms with Gasteiger partial charge >= 0.3 is 0 Å². The van der Waals surface area contributed by atoms with Crippen molar-refractivity contribution in [3.8, 4) is 0 Å². The Bertz CT molecular complexity index is 618. The summed E-state index contributed by atoms with van der Waals surface area (Å²) >= 11 is 0. The van der Waals surface area contributed by atoms with Crippen LogP contribution in [-0.2, 0) is 10.0 Å².